The predicted octanol–water partition coefficient (Wildman–Crippen LogP) is 5.14. The summed E-state index contributed by atoms with van der Waals surface area (Å²) in [6.45, 7) is 3.68. The Labute approximate surface area is 129 Å². The lowest BCUT2D eigenvalue weighted by Gasteiger charge is -2.24. The van der Waals surface area contributed by atoms with Crippen LogP contribution in [0.25, 0.3) is 0 Å². The molecule has 0 unspecified atom stereocenters. The van der Waals surface area contributed by atoms with Gasteiger partial charge in [0.1, 0.15) is 5.60 Å². The second-order valence-electron chi connectivity index (χ2n) is 3.93. The van der Waals surface area contributed by atoms with E-state index in [2.05, 4.69) is 52.5 Å². The van der Waals surface area contributed by atoms with Crippen molar-refractivity contribution in [3.8, 4) is 0 Å². The molecule has 0 aromatic carbocycles. The molecule has 0 N–H and O–H groups in total. The smallest absolute Gasteiger partial charge is 0.438 e. The number of ether oxygens (including phenoxy) is 2. The molecule has 0 saturated carbocycles. The topological polar surface area (TPSA) is 35.5 Å². The Balaban J connectivity index is 2.86. The number of rotatable bonds is 3. The molecule has 1 rings (SSSR count). The monoisotopic (exact) mass is 448 g/mol. The molecule has 0 spiro atoms. The van der Waals surface area contributed by atoms with Crippen LogP contribution in [-0.4, -0.2) is 18.9 Å². The fourth-order valence-corrected chi connectivity index (χ4v) is 5.11. The first-order valence-electron chi connectivity index (χ1n) is 4.66. The first-order chi connectivity index (χ1) is 7.76. The van der Waals surface area contributed by atoms with E-state index in [-0.39, 0.29) is 0 Å². The summed E-state index contributed by atoms with van der Waals surface area (Å²) < 4.78 is 12.7. The maximum Gasteiger partial charge on any atom is 0.508 e. The van der Waals surface area contributed by atoms with Crippen molar-refractivity contribution in [3.05, 3.63) is 17.6 Å². The zero-order chi connectivity index (χ0) is 13.2. The molecule has 3 nitrogen and oxygen atoms in total. The van der Waals surface area contributed by atoms with Gasteiger partial charge in [0, 0.05) is 10.9 Å². The van der Waals surface area contributed by atoms with Crippen LogP contribution in [0.15, 0.2) is 12.0 Å². The van der Waals surface area contributed by atoms with E-state index in [1.165, 1.54) is 7.11 Å². The van der Waals surface area contributed by atoms with Crippen molar-refractivity contribution < 1.29 is 14.3 Å². The molecule has 0 aliphatic carbocycles. The first kappa shape index (κ1) is 15.5. The van der Waals surface area contributed by atoms with Gasteiger partial charge in [0.2, 0.25) is 0 Å². The number of carbonyl (C=O) groups excluding carboxylic acids is 1. The minimum atomic E-state index is -0.670. The van der Waals surface area contributed by atoms with Crippen molar-refractivity contribution in [1.82, 2.24) is 0 Å². The SMILES string of the molecule is COC(=O)OC(C)(C)Cc1c(Br)sc(Br)c1Br. The Bertz CT molecular complexity index is 429. The summed E-state index contributed by atoms with van der Waals surface area (Å²) >= 11 is 12.0. The molecule has 0 aliphatic heterocycles. The van der Waals surface area contributed by atoms with Crippen LogP contribution in [0.1, 0.15) is 19.4 Å². The Morgan fingerprint density at radius 1 is 1.29 bits per heavy atom. The zero-order valence-electron chi connectivity index (χ0n) is 9.47. The molecule has 0 atom stereocenters. The third-order valence-corrected chi connectivity index (χ3v) is 6.31. The highest BCUT2D eigenvalue weighted by Gasteiger charge is 2.27. The van der Waals surface area contributed by atoms with Crippen LogP contribution in [0, 0.1) is 0 Å². The molecule has 1 heterocycles. The molecule has 0 saturated heterocycles. The highest BCUT2D eigenvalue weighted by atomic mass is 79.9. The molecule has 7 heteroatoms. The van der Waals surface area contributed by atoms with Crippen LogP contribution in [-0.2, 0) is 15.9 Å². The Kier molecular flexibility index (Phi) is 5.49. The van der Waals surface area contributed by atoms with E-state index in [1.807, 2.05) is 13.8 Å². The van der Waals surface area contributed by atoms with Gasteiger partial charge in [-0.25, -0.2) is 4.79 Å². The molecule has 0 aliphatic rings. The van der Waals surface area contributed by atoms with Crippen molar-refractivity contribution >= 4 is 65.3 Å². The Hall–Kier alpha value is 0.410. The van der Waals surface area contributed by atoms with E-state index in [0.717, 1.165) is 17.6 Å². The van der Waals surface area contributed by atoms with E-state index in [4.69, 9.17) is 4.74 Å². The van der Waals surface area contributed by atoms with Crippen LogP contribution >= 0.6 is 59.1 Å². The van der Waals surface area contributed by atoms with Gasteiger partial charge >= 0.3 is 6.16 Å². The second kappa shape index (κ2) is 6.04. The number of carbonyl (C=O) groups is 1. The predicted molar refractivity (Wildman–Crippen MR) is 78.7 cm³/mol. The third-order valence-electron chi connectivity index (χ3n) is 1.98. The van der Waals surface area contributed by atoms with E-state index in [0.29, 0.717) is 6.42 Å². The largest absolute Gasteiger partial charge is 0.508 e. The van der Waals surface area contributed by atoms with Crippen LogP contribution in [0.4, 0.5) is 4.79 Å². The van der Waals surface area contributed by atoms with Gasteiger partial charge in [-0.3, -0.25) is 0 Å². The number of hydrogen-bond acceptors (Lipinski definition) is 4. The second-order valence-corrected chi connectivity index (χ2v) is 8.38. The van der Waals surface area contributed by atoms with Gasteiger partial charge < -0.3 is 9.47 Å². The lowest BCUT2D eigenvalue weighted by Crippen LogP contribution is -2.30. The quantitative estimate of drug-likeness (QED) is 0.598. The van der Waals surface area contributed by atoms with Crippen molar-refractivity contribution in [2.24, 2.45) is 0 Å². The van der Waals surface area contributed by atoms with E-state index >= 15 is 0 Å². The lowest BCUT2D eigenvalue weighted by atomic mass is 10.0. The number of hydrogen-bond donors (Lipinski definition) is 0. The Morgan fingerprint density at radius 2 is 1.88 bits per heavy atom. The molecule has 0 fully saturated rings. The molecule has 1 aromatic heterocycles. The average molecular weight is 451 g/mol. The summed E-state index contributed by atoms with van der Waals surface area (Å²) in [5, 5.41) is 0. The Morgan fingerprint density at radius 3 is 2.29 bits per heavy atom. The summed E-state index contributed by atoms with van der Waals surface area (Å²) in [6.07, 6.45) is -0.0812. The van der Waals surface area contributed by atoms with Crippen molar-refractivity contribution in [3.63, 3.8) is 0 Å². The summed E-state index contributed by atoms with van der Waals surface area (Å²) in [6, 6.07) is 0. The number of halogens is 3. The highest BCUT2D eigenvalue weighted by molar-refractivity contribution is 9.14. The van der Waals surface area contributed by atoms with Gasteiger partial charge in [-0.05, 0) is 67.2 Å². The summed E-state index contributed by atoms with van der Waals surface area (Å²) in [5.74, 6) is 0. The fourth-order valence-electron chi connectivity index (χ4n) is 1.27. The number of methoxy groups -OCH3 is 1. The van der Waals surface area contributed by atoms with Crippen LogP contribution in [0.3, 0.4) is 0 Å². The number of thiophene rings is 1. The molecule has 0 radical (unpaired) electrons. The van der Waals surface area contributed by atoms with Crippen LogP contribution in [0.5, 0.6) is 0 Å². The summed E-state index contributed by atoms with van der Waals surface area (Å²) in [5.41, 5.74) is 0.439. The summed E-state index contributed by atoms with van der Waals surface area (Å²) in [7, 11) is 1.30. The van der Waals surface area contributed by atoms with Crippen molar-refractivity contribution in [2.75, 3.05) is 7.11 Å². The molecule has 17 heavy (non-hydrogen) atoms. The molecule has 1 aromatic rings. The van der Waals surface area contributed by atoms with Crippen LogP contribution < -0.4 is 0 Å². The third kappa shape index (κ3) is 4.22. The van der Waals surface area contributed by atoms with Gasteiger partial charge in [-0.2, -0.15) is 0 Å². The maximum atomic E-state index is 11.1. The van der Waals surface area contributed by atoms with Crippen LogP contribution in [0.2, 0.25) is 0 Å². The highest BCUT2D eigenvalue weighted by Crippen LogP contribution is 2.42. The van der Waals surface area contributed by atoms with E-state index in [1.54, 1.807) is 11.3 Å². The first-order valence-corrected chi connectivity index (χ1v) is 7.85. The van der Waals surface area contributed by atoms with Gasteiger partial charge in [-0.15, -0.1) is 11.3 Å². The van der Waals surface area contributed by atoms with E-state index < -0.39 is 11.8 Å². The molecular formula is C10H11Br3O3S. The van der Waals surface area contributed by atoms with Gasteiger partial charge in [-0.1, -0.05) is 0 Å². The minimum absolute atomic E-state index is 0.589. The molecule has 96 valence electrons. The van der Waals surface area contributed by atoms with Gasteiger partial charge in [0.15, 0.2) is 0 Å². The molecule has 0 amide bonds. The zero-order valence-corrected chi connectivity index (χ0v) is 15.0. The summed E-state index contributed by atoms with van der Waals surface area (Å²) in [4.78, 5) is 11.1. The van der Waals surface area contributed by atoms with Gasteiger partial charge in [0.25, 0.3) is 0 Å². The standard InChI is InChI=1S/C10H11Br3O3S/c1-10(2,16-9(14)15-3)4-5-6(11)8(13)17-7(5)12/h4H2,1-3H3. The van der Waals surface area contributed by atoms with Crippen molar-refractivity contribution in [2.45, 2.75) is 25.9 Å². The van der Waals surface area contributed by atoms with Gasteiger partial charge in [0.05, 0.1) is 14.7 Å². The maximum absolute atomic E-state index is 11.1. The lowest BCUT2D eigenvalue weighted by molar-refractivity contribution is -0.00646. The minimum Gasteiger partial charge on any atom is -0.438 e. The average Bonchev–Trinajstić information content (AvgIpc) is 2.44. The molecular weight excluding hydrogens is 440 g/mol. The van der Waals surface area contributed by atoms with E-state index in [9.17, 15) is 4.79 Å². The molecule has 0 bridgehead atoms. The normalized spacial score (nSPS) is 11.4. The fraction of sp³-hybridized carbons (Fsp3) is 0.500. The van der Waals surface area contributed by atoms with Crippen molar-refractivity contribution in [1.29, 1.82) is 0 Å².